The fourth-order valence-corrected chi connectivity index (χ4v) is 6.91. The Morgan fingerprint density at radius 3 is 2.38 bits per heavy atom. The van der Waals surface area contributed by atoms with E-state index in [9.17, 15) is 10.1 Å². The molecule has 2 unspecified atom stereocenters. The van der Waals surface area contributed by atoms with E-state index in [0.717, 1.165) is 38.9 Å². The largest absolute Gasteiger partial charge is 0.368 e. The first-order valence-electron chi connectivity index (χ1n) is 12.4. The molecule has 3 fully saturated rings. The minimum atomic E-state index is -0.266. The maximum absolute atomic E-state index is 12.4. The molecular weight excluding hydrogens is 428 g/mol. The van der Waals surface area contributed by atoms with Crippen LogP contribution in [0, 0.1) is 34.8 Å². The van der Waals surface area contributed by atoms with Gasteiger partial charge in [0.15, 0.2) is 0 Å². The van der Waals surface area contributed by atoms with E-state index in [1.807, 2.05) is 0 Å². The number of benzene rings is 1. The topological polar surface area (TPSA) is 78.6 Å². The third-order valence-electron chi connectivity index (χ3n) is 8.15. The summed E-state index contributed by atoms with van der Waals surface area (Å²) in [6.45, 7) is 15.1. The van der Waals surface area contributed by atoms with E-state index in [-0.39, 0.29) is 27.5 Å². The molecule has 8 heteroatoms. The van der Waals surface area contributed by atoms with Gasteiger partial charge in [-0.05, 0) is 61.1 Å². The van der Waals surface area contributed by atoms with Gasteiger partial charge in [0, 0.05) is 44.5 Å². The van der Waals surface area contributed by atoms with Crippen molar-refractivity contribution < 1.29 is 4.92 Å². The van der Waals surface area contributed by atoms with Crippen LogP contribution in [0.5, 0.6) is 0 Å². The lowest BCUT2D eigenvalue weighted by atomic mass is 9.65. The molecule has 5 rings (SSSR count). The van der Waals surface area contributed by atoms with Gasteiger partial charge in [-0.15, -0.1) is 0 Å². The highest BCUT2D eigenvalue weighted by Crippen LogP contribution is 2.54. The minimum Gasteiger partial charge on any atom is -0.368 e. The van der Waals surface area contributed by atoms with E-state index in [4.69, 9.17) is 0 Å². The molecule has 1 saturated carbocycles. The summed E-state index contributed by atoms with van der Waals surface area (Å²) in [5.41, 5.74) is 4.30. The van der Waals surface area contributed by atoms with Crippen molar-refractivity contribution in [1.82, 2.24) is 9.97 Å². The van der Waals surface area contributed by atoms with Crippen LogP contribution in [0.15, 0.2) is 24.5 Å². The molecule has 2 aromatic rings. The number of aromatic nitrogens is 2. The second kappa shape index (κ2) is 8.10. The summed E-state index contributed by atoms with van der Waals surface area (Å²) >= 11 is 0. The summed E-state index contributed by atoms with van der Waals surface area (Å²) < 4.78 is 0. The van der Waals surface area contributed by atoms with Crippen molar-refractivity contribution in [2.75, 3.05) is 47.4 Å². The Hall–Kier alpha value is -2.90. The fraction of sp³-hybridized carbons (Fsp3) is 0.615. The average molecular weight is 465 g/mol. The van der Waals surface area contributed by atoms with Crippen LogP contribution in [-0.2, 0) is 0 Å². The predicted octanol–water partition coefficient (Wildman–Crippen LogP) is 4.73. The predicted molar refractivity (Wildman–Crippen MR) is 136 cm³/mol. The van der Waals surface area contributed by atoms with Crippen LogP contribution in [0.3, 0.4) is 0 Å². The first kappa shape index (κ1) is 22.9. The molecule has 0 radical (unpaired) electrons. The molecular formula is C26H36N6O2. The molecule has 3 aliphatic rings. The Balaban J connectivity index is 1.42. The molecule has 1 aromatic heterocycles. The van der Waals surface area contributed by atoms with Crippen molar-refractivity contribution in [3.05, 3.63) is 45.8 Å². The standard InChI is InChI=1S/C26H36N6O2/c1-18-7-6-8-21(19(18)2)29-9-11-30(12-10-29)23-22(32(33)34)24(28-17-27-23)31-16-26(5)14-20(31)13-25(3,4)15-26/h6-8,17,20H,9-16H2,1-5H3. The molecule has 2 bridgehead atoms. The number of piperazine rings is 1. The summed E-state index contributed by atoms with van der Waals surface area (Å²) in [6.07, 6.45) is 4.76. The van der Waals surface area contributed by atoms with Gasteiger partial charge in [0.25, 0.3) is 0 Å². The van der Waals surface area contributed by atoms with Crippen molar-refractivity contribution in [3.63, 3.8) is 0 Å². The number of fused-ring (bicyclic) bond motifs is 2. The molecule has 2 atom stereocenters. The number of rotatable bonds is 4. The summed E-state index contributed by atoms with van der Waals surface area (Å²) in [6, 6.07) is 6.68. The van der Waals surface area contributed by atoms with Crippen LogP contribution in [0.2, 0.25) is 0 Å². The van der Waals surface area contributed by atoms with Gasteiger partial charge >= 0.3 is 5.69 Å². The normalized spacial score (nSPS) is 26.1. The van der Waals surface area contributed by atoms with E-state index >= 15 is 0 Å². The first-order valence-corrected chi connectivity index (χ1v) is 12.4. The summed E-state index contributed by atoms with van der Waals surface area (Å²) in [7, 11) is 0. The first-order chi connectivity index (χ1) is 16.1. The zero-order valence-electron chi connectivity index (χ0n) is 21.0. The second-order valence-electron chi connectivity index (χ2n) is 11.7. The highest BCUT2D eigenvalue weighted by Gasteiger charge is 2.51. The molecule has 1 aromatic carbocycles. The summed E-state index contributed by atoms with van der Waals surface area (Å²) in [5.74, 6) is 0.958. The molecule has 1 aliphatic carbocycles. The van der Waals surface area contributed by atoms with Crippen molar-refractivity contribution in [3.8, 4) is 0 Å². The van der Waals surface area contributed by atoms with Crippen molar-refractivity contribution in [1.29, 1.82) is 0 Å². The Kier molecular flexibility index (Phi) is 5.45. The van der Waals surface area contributed by atoms with Gasteiger partial charge in [-0.3, -0.25) is 10.1 Å². The molecule has 8 nitrogen and oxygen atoms in total. The van der Waals surface area contributed by atoms with Gasteiger partial charge < -0.3 is 14.7 Å². The lowest BCUT2D eigenvalue weighted by Crippen LogP contribution is -2.47. The SMILES string of the molecule is Cc1cccc(N2CCN(c3ncnc(N4CC5(C)CC4CC(C)(C)C5)c3[N+](=O)[O-])CC2)c1C. The van der Waals surface area contributed by atoms with E-state index in [0.29, 0.717) is 24.7 Å². The second-order valence-corrected chi connectivity index (χ2v) is 11.7. The molecule has 0 amide bonds. The molecule has 182 valence electrons. The Labute approximate surface area is 202 Å². The van der Waals surface area contributed by atoms with Gasteiger partial charge in [-0.2, -0.15) is 0 Å². The smallest absolute Gasteiger partial charge is 0.353 e. The third-order valence-corrected chi connectivity index (χ3v) is 8.15. The number of nitro groups is 1. The van der Waals surface area contributed by atoms with E-state index in [1.54, 1.807) is 0 Å². The van der Waals surface area contributed by atoms with Crippen molar-refractivity contribution >= 4 is 23.0 Å². The molecule has 2 saturated heterocycles. The number of hydrogen-bond donors (Lipinski definition) is 0. The highest BCUT2D eigenvalue weighted by molar-refractivity contribution is 5.72. The average Bonchev–Trinajstić information content (AvgIpc) is 3.03. The van der Waals surface area contributed by atoms with Crippen LogP contribution in [0.25, 0.3) is 0 Å². The van der Waals surface area contributed by atoms with Gasteiger partial charge in [-0.1, -0.05) is 32.9 Å². The van der Waals surface area contributed by atoms with Crippen molar-refractivity contribution in [2.45, 2.75) is 59.9 Å². The quantitative estimate of drug-likeness (QED) is 0.478. The van der Waals surface area contributed by atoms with E-state index in [1.165, 1.54) is 23.1 Å². The Morgan fingerprint density at radius 2 is 1.68 bits per heavy atom. The number of hydrogen-bond acceptors (Lipinski definition) is 7. The lowest BCUT2D eigenvalue weighted by Gasteiger charge is -2.39. The molecule has 0 N–H and O–H groups in total. The molecule has 34 heavy (non-hydrogen) atoms. The van der Waals surface area contributed by atoms with Crippen molar-refractivity contribution in [2.24, 2.45) is 10.8 Å². The molecule has 2 aliphatic heterocycles. The maximum Gasteiger partial charge on any atom is 0.353 e. The molecule has 3 heterocycles. The fourth-order valence-electron chi connectivity index (χ4n) is 6.91. The van der Waals surface area contributed by atoms with Gasteiger partial charge in [0.05, 0.1) is 4.92 Å². The van der Waals surface area contributed by atoms with Crippen LogP contribution in [-0.4, -0.2) is 53.7 Å². The van der Waals surface area contributed by atoms with Gasteiger partial charge in [-0.25, -0.2) is 9.97 Å². The van der Waals surface area contributed by atoms with E-state index < -0.39 is 0 Å². The van der Waals surface area contributed by atoms with Gasteiger partial charge in [0.1, 0.15) is 6.33 Å². The summed E-state index contributed by atoms with van der Waals surface area (Å²) in [5, 5.41) is 12.4. The highest BCUT2D eigenvalue weighted by atomic mass is 16.6. The lowest BCUT2D eigenvalue weighted by molar-refractivity contribution is -0.383. The number of aryl methyl sites for hydroxylation is 1. The number of nitrogens with zero attached hydrogens (tertiary/aromatic N) is 6. The minimum absolute atomic E-state index is 0.0663. The van der Waals surface area contributed by atoms with Crippen LogP contribution < -0.4 is 14.7 Å². The summed E-state index contributed by atoms with van der Waals surface area (Å²) in [4.78, 5) is 27.7. The zero-order valence-corrected chi connectivity index (χ0v) is 21.0. The maximum atomic E-state index is 12.4. The molecule has 0 spiro atoms. The van der Waals surface area contributed by atoms with E-state index in [2.05, 4.69) is 77.5 Å². The van der Waals surface area contributed by atoms with Crippen LogP contribution in [0.4, 0.5) is 23.0 Å². The number of anilines is 3. The van der Waals surface area contributed by atoms with Crippen LogP contribution >= 0.6 is 0 Å². The Bertz CT molecular complexity index is 1110. The van der Waals surface area contributed by atoms with Crippen LogP contribution in [0.1, 0.15) is 51.2 Å². The van der Waals surface area contributed by atoms with Gasteiger partial charge in [0.2, 0.25) is 11.6 Å². The Morgan fingerprint density at radius 1 is 1.00 bits per heavy atom. The monoisotopic (exact) mass is 464 g/mol. The zero-order chi connectivity index (χ0) is 24.3. The third kappa shape index (κ3) is 3.97.